The lowest BCUT2D eigenvalue weighted by Gasteiger charge is -2.18. The minimum atomic E-state index is -4.72. The Labute approximate surface area is 123 Å². The van der Waals surface area contributed by atoms with E-state index in [-0.39, 0.29) is 23.5 Å². The molecule has 0 aliphatic rings. The van der Waals surface area contributed by atoms with Crippen molar-refractivity contribution >= 4 is 0 Å². The number of hydrogen-bond donors (Lipinski definition) is 1. The van der Waals surface area contributed by atoms with Crippen molar-refractivity contribution < 1.29 is 22.6 Å². The van der Waals surface area contributed by atoms with E-state index in [4.69, 9.17) is 4.74 Å². The van der Waals surface area contributed by atoms with Crippen LogP contribution >= 0.6 is 0 Å². The van der Waals surface area contributed by atoms with E-state index in [2.05, 4.69) is 30.8 Å². The lowest BCUT2D eigenvalue weighted by atomic mass is 9.92. The maximum atomic E-state index is 12.2. The molecule has 0 saturated heterocycles. The van der Waals surface area contributed by atoms with Crippen molar-refractivity contribution in [1.29, 1.82) is 0 Å². The highest BCUT2D eigenvalue weighted by molar-refractivity contribution is 5.39. The summed E-state index contributed by atoms with van der Waals surface area (Å²) in [7, 11) is 0. The summed E-state index contributed by atoms with van der Waals surface area (Å²) < 4.78 is 45.9. The number of hydrogen-bond acceptors (Lipinski definition) is 3. The first-order valence-electron chi connectivity index (χ1n) is 6.86. The third kappa shape index (κ3) is 8.45. The molecular weight excluding hydrogens is 283 g/mol. The normalized spacial score (nSPS) is 12.3. The molecule has 0 radical (unpaired) electrons. The van der Waals surface area contributed by atoms with Gasteiger partial charge >= 0.3 is 6.36 Å². The van der Waals surface area contributed by atoms with Gasteiger partial charge in [0.05, 0.1) is 0 Å². The highest BCUT2D eigenvalue weighted by Crippen LogP contribution is 2.31. The SMILES string of the molecule is CC(C)(C)CCNCCOc1ccccc1OC(F)(F)F. The zero-order valence-electron chi connectivity index (χ0n) is 12.6. The van der Waals surface area contributed by atoms with E-state index in [1.165, 1.54) is 18.2 Å². The summed E-state index contributed by atoms with van der Waals surface area (Å²) in [6.07, 6.45) is -3.70. The van der Waals surface area contributed by atoms with Crippen LogP contribution in [0.5, 0.6) is 11.5 Å². The lowest BCUT2D eigenvalue weighted by molar-refractivity contribution is -0.275. The fraction of sp³-hybridized carbons (Fsp3) is 0.600. The maximum Gasteiger partial charge on any atom is 0.573 e. The second-order valence-electron chi connectivity index (χ2n) is 5.90. The monoisotopic (exact) mass is 305 g/mol. The number of benzene rings is 1. The molecule has 0 spiro atoms. The predicted molar refractivity (Wildman–Crippen MR) is 75.6 cm³/mol. The maximum absolute atomic E-state index is 12.2. The number of nitrogens with one attached hydrogen (secondary N) is 1. The first kappa shape index (κ1) is 17.6. The molecular formula is C15H22F3NO2. The Hall–Kier alpha value is -1.43. The standard InChI is InChI=1S/C15H22F3NO2/c1-14(2,3)8-9-19-10-11-20-12-6-4-5-7-13(12)21-15(16,17)18/h4-7,19H,8-11H2,1-3H3. The van der Waals surface area contributed by atoms with Crippen molar-refractivity contribution in [3.8, 4) is 11.5 Å². The molecule has 0 atom stereocenters. The molecule has 1 aromatic carbocycles. The summed E-state index contributed by atoms with van der Waals surface area (Å²) in [5.74, 6) is -0.230. The molecule has 0 fully saturated rings. The predicted octanol–water partition coefficient (Wildman–Crippen LogP) is 3.99. The van der Waals surface area contributed by atoms with Gasteiger partial charge in [-0.2, -0.15) is 0 Å². The van der Waals surface area contributed by atoms with E-state index < -0.39 is 6.36 Å². The Balaban J connectivity index is 2.35. The van der Waals surface area contributed by atoms with E-state index in [9.17, 15) is 13.2 Å². The third-order valence-electron chi connectivity index (χ3n) is 2.66. The van der Waals surface area contributed by atoms with Crippen molar-refractivity contribution in [3.63, 3.8) is 0 Å². The summed E-state index contributed by atoms with van der Waals surface area (Å²) >= 11 is 0. The molecule has 0 unspecified atom stereocenters. The van der Waals surface area contributed by atoms with Gasteiger partial charge in [-0.15, -0.1) is 13.2 Å². The first-order chi connectivity index (χ1) is 9.67. The second-order valence-corrected chi connectivity index (χ2v) is 5.90. The van der Waals surface area contributed by atoms with Gasteiger partial charge in [0.2, 0.25) is 0 Å². The van der Waals surface area contributed by atoms with E-state index in [0.29, 0.717) is 6.54 Å². The third-order valence-corrected chi connectivity index (χ3v) is 2.66. The molecule has 1 rings (SSSR count). The van der Waals surface area contributed by atoms with Gasteiger partial charge in [0, 0.05) is 6.54 Å². The summed E-state index contributed by atoms with van der Waals surface area (Å²) in [4.78, 5) is 0. The summed E-state index contributed by atoms with van der Waals surface area (Å²) in [6, 6.07) is 5.76. The molecule has 21 heavy (non-hydrogen) atoms. The van der Waals surface area contributed by atoms with Crippen LogP contribution < -0.4 is 14.8 Å². The van der Waals surface area contributed by atoms with Crippen LogP contribution in [0.3, 0.4) is 0 Å². The second kappa shape index (κ2) is 7.54. The zero-order chi connectivity index (χ0) is 15.9. The average molecular weight is 305 g/mol. The van der Waals surface area contributed by atoms with Crippen LogP contribution in [0.2, 0.25) is 0 Å². The zero-order valence-corrected chi connectivity index (χ0v) is 12.6. The summed E-state index contributed by atoms with van der Waals surface area (Å²) in [6.45, 7) is 8.13. The van der Waals surface area contributed by atoms with Crippen LogP contribution in [0, 0.1) is 5.41 Å². The number of rotatable bonds is 7. The molecule has 1 N–H and O–H groups in total. The minimum Gasteiger partial charge on any atom is -0.488 e. The summed E-state index contributed by atoms with van der Waals surface area (Å²) in [5.41, 5.74) is 0.251. The first-order valence-corrected chi connectivity index (χ1v) is 6.86. The molecule has 0 heterocycles. The molecule has 120 valence electrons. The molecule has 1 aromatic rings. The van der Waals surface area contributed by atoms with Crippen LogP contribution in [0.1, 0.15) is 27.2 Å². The Bertz CT molecular complexity index is 428. The molecule has 3 nitrogen and oxygen atoms in total. The van der Waals surface area contributed by atoms with Gasteiger partial charge < -0.3 is 14.8 Å². The molecule has 0 aliphatic carbocycles. The van der Waals surface area contributed by atoms with E-state index in [0.717, 1.165) is 13.0 Å². The van der Waals surface area contributed by atoms with Gasteiger partial charge in [0.15, 0.2) is 11.5 Å². The number of halogens is 3. The smallest absolute Gasteiger partial charge is 0.488 e. The van der Waals surface area contributed by atoms with Crippen LogP contribution in [0.15, 0.2) is 24.3 Å². The fourth-order valence-corrected chi connectivity index (χ4v) is 1.60. The highest BCUT2D eigenvalue weighted by Gasteiger charge is 2.32. The van der Waals surface area contributed by atoms with E-state index in [1.807, 2.05) is 0 Å². The molecule has 0 saturated carbocycles. The van der Waals surface area contributed by atoms with Gasteiger partial charge in [-0.05, 0) is 30.5 Å². The van der Waals surface area contributed by atoms with Gasteiger partial charge in [-0.1, -0.05) is 32.9 Å². The van der Waals surface area contributed by atoms with Crippen molar-refractivity contribution in [2.24, 2.45) is 5.41 Å². The average Bonchev–Trinajstić information content (AvgIpc) is 2.32. The summed E-state index contributed by atoms with van der Waals surface area (Å²) in [5, 5.41) is 3.19. The van der Waals surface area contributed by atoms with Crippen molar-refractivity contribution in [1.82, 2.24) is 5.32 Å². The van der Waals surface area contributed by atoms with Gasteiger partial charge in [0.1, 0.15) is 6.61 Å². The van der Waals surface area contributed by atoms with Crippen molar-refractivity contribution in [2.75, 3.05) is 19.7 Å². The largest absolute Gasteiger partial charge is 0.573 e. The molecule has 0 bridgehead atoms. The van der Waals surface area contributed by atoms with E-state index >= 15 is 0 Å². The van der Waals surface area contributed by atoms with Crippen LogP contribution in [-0.2, 0) is 0 Å². The number of ether oxygens (including phenoxy) is 2. The number of alkyl halides is 3. The number of para-hydroxylation sites is 2. The topological polar surface area (TPSA) is 30.5 Å². The van der Waals surface area contributed by atoms with Crippen LogP contribution in [0.4, 0.5) is 13.2 Å². The van der Waals surface area contributed by atoms with Crippen LogP contribution in [-0.4, -0.2) is 26.1 Å². The molecule has 0 aromatic heterocycles. The highest BCUT2D eigenvalue weighted by atomic mass is 19.4. The lowest BCUT2D eigenvalue weighted by Crippen LogP contribution is -2.25. The molecule has 0 amide bonds. The Morgan fingerprint density at radius 2 is 1.62 bits per heavy atom. The molecule has 0 aliphatic heterocycles. The van der Waals surface area contributed by atoms with Gasteiger partial charge in [0.25, 0.3) is 0 Å². The Morgan fingerprint density at radius 1 is 1.00 bits per heavy atom. The Kier molecular flexibility index (Phi) is 6.33. The van der Waals surface area contributed by atoms with Crippen molar-refractivity contribution in [3.05, 3.63) is 24.3 Å². The Morgan fingerprint density at radius 3 is 2.19 bits per heavy atom. The van der Waals surface area contributed by atoms with Gasteiger partial charge in [-0.3, -0.25) is 0 Å². The quantitative estimate of drug-likeness (QED) is 0.773. The molecule has 6 heteroatoms. The minimum absolute atomic E-state index is 0.0902. The fourth-order valence-electron chi connectivity index (χ4n) is 1.60. The van der Waals surface area contributed by atoms with Crippen LogP contribution in [0.25, 0.3) is 0 Å². The van der Waals surface area contributed by atoms with E-state index in [1.54, 1.807) is 6.07 Å². The van der Waals surface area contributed by atoms with Gasteiger partial charge in [-0.25, -0.2) is 0 Å². The van der Waals surface area contributed by atoms with Crippen molar-refractivity contribution in [2.45, 2.75) is 33.6 Å².